The lowest BCUT2D eigenvalue weighted by Gasteiger charge is -2.34. The normalized spacial score (nSPS) is 21.5. The number of rotatable bonds is 8. The van der Waals surface area contributed by atoms with E-state index in [0.717, 1.165) is 70.0 Å². The van der Waals surface area contributed by atoms with Gasteiger partial charge in [-0.05, 0) is 49.2 Å². The van der Waals surface area contributed by atoms with E-state index in [-0.39, 0.29) is 11.7 Å². The van der Waals surface area contributed by atoms with Crippen LogP contribution >= 0.6 is 0 Å². The van der Waals surface area contributed by atoms with Gasteiger partial charge in [-0.15, -0.1) is 0 Å². The standard InChI is InChI=1S/C29H36FN5O2/c1-29(2)24(18-26(37-29)27-23-8-7-22(30)17-25(23)33-28(27)36)21-5-3-20(4-6-21)19-32-10-12-35-15-13-34(11-9-31)14-16-35/h3-8,17-18,32H,9-16,19,31H2,1-2H3,(H,33,36)/b27-26+. The highest BCUT2D eigenvalue weighted by Gasteiger charge is 2.38. The van der Waals surface area contributed by atoms with E-state index in [1.165, 1.54) is 17.7 Å². The van der Waals surface area contributed by atoms with Gasteiger partial charge in [0.05, 0.1) is 11.3 Å². The number of amides is 1. The maximum atomic E-state index is 13.6. The van der Waals surface area contributed by atoms with Crippen LogP contribution in [0.25, 0.3) is 11.1 Å². The van der Waals surface area contributed by atoms with E-state index in [1.807, 2.05) is 19.9 Å². The Balaban J connectivity index is 1.21. The Morgan fingerprint density at radius 2 is 1.76 bits per heavy atom. The van der Waals surface area contributed by atoms with Crippen LogP contribution < -0.4 is 16.4 Å². The monoisotopic (exact) mass is 505 g/mol. The predicted molar refractivity (Wildman–Crippen MR) is 145 cm³/mol. The number of allylic oxidation sites excluding steroid dienone is 1. The third-order valence-corrected chi connectivity index (χ3v) is 7.37. The van der Waals surface area contributed by atoms with Gasteiger partial charge in [0.1, 0.15) is 17.2 Å². The minimum Gasteiger partial charge on any atom is -0.482 e. The summed E-state index contributed by atoms with van der Waals surface area (Å²) in [6.45, 7) is 12.9. The first kappa shape index (κ1) is 25.6. The number of halogens is 1. The van der Waals surface area contributed by atoms with Crippen molar-refractivity contribution >= 4 is 22.7 Å². The first-order chi connectivity index (χ1) is 17.8. The molecule has 0 radical (unpaired) electrons. The fourth-order valence-corrected chi connectivity index (χ4v) is 5.30. The van der Waals surface area contributed by atoms with Crippen molar-refractivity contribution in [3.63, 3.8) is 0 Å². The molecule has 0 aliphatic carbocycles. The van der Waals surface area contributed by atoms with Gasteiger partial charge in [-0.25, -0.2) is 4.39 Å². The molecule has 2 aromatic rings. The number of anilines is 1. The molecule has 0 saturated carbocycles. The summed E-state index contributed by atoms with van der Waals surface area (Å²) in [5.74, 6) is -0.148. The number of piperazine rings is 1. The van der Waals surface area contributed by atoms with Crippen molar-refractivity contribution in [1.82, 2.24) is 15.1 Å². The van der Waals surface area contributed by atoms with Crippen LogP contribution in [0.5, 0.6) is 0 Å². The number of hydrogen-bond donors (Lipinski definition) is 3. The number of carbonyl (C=O) groups is 1. The van der Waals surface area contributed by atoms with Crippen molar-refractivity contribution < 1.29 is 13.9 Å². The van der Waals surface area contributed by atoms with Gasteiger partial charge < -0.3 is 21.1 Å². The van der Waals surface area contributed by atoms with Gasteiger partial charge in [-0.2, -0.15) is 0 Å². The predicted octanol–water partition coefficient (Wildman–Crippen LogP) is 3.05. The minimum atomic E-state index is -0.598. The molecule has 3 aliphatic rings. The molecular weight excluding hydrogens is 469 g/mol. The molecule has 0 bridgehead atoms. The van der Waals surface area contributed by atoms with Crippen LogP contribution in [0, 0.1) is 5.82 Å². The molecule has 0 spiro atoms. The molecule has 0 unspecified atom stereocenters. The molecule has 2 aromatic carbocycles. The largest absolute Gasteiger partial charge is 0.482 e. The Morgan fingerprint density at radius 3 is 2.46 bits per heavy atom. The average molecular weight is 506 g/mol. The van der Waals surface area contributed by atoms with Gasteiger partial charge in [0, 0.05) is 70.0 Å². The molecule has 1 amide bonds. The Morgan fingerprint density at radius 1 is 1.05 bits per heavy atom. The van der Waals surface area contributed by atoms with Crippen LogP contribution in [0.15, 0.2) is 54.3 Å². The number of benzene rings is 2. The smallest absolute Gasteiger partial charge is 0.260 e. The van der Waals surface area contributed by atoms with Crippen LogP contribution in [0.2, 0.25) is 0 Å². The summed E-state index contributed by atoms with van der Waals surface area (Å²) in [6.07, 6.45) is 1.94. The number of fused-ring (bicyclic) bond motifs is 1. The molecule has 1 saturated heterocycles. The van der Waals surface area contributed by atoms with E-state index in [2.05, 4.69) is 44.7 Å². The summed E-state index contributed by atoms with van der Waals surface area (Å²) < 4.78 is 19.9. The number of nitrogens with two attached hydrogens (primary N) is 1. The molecule has 4 N–H and O–H groups in total. The lowest BCUT2D eigenvalue weighted by molar-refractivity contribution is -0.111. The zero-order valence-electron chi connectivity index (χ0n) is 21.6. The van der Waals surface area contributed by atoms with Crippen molar-refractivity contribution in [2.24, 2.45) is 5.73 Å². The van der Waals surface area contributed by atoms with Crippen LogP contribution in [-0.2, 0) is 16.1 Å². The SMILES string of the molecule is CC1(C)O/C(=C2/C(=O)Nc3cc(F)ccc32)C=C1c1ccc(CNCCN2CCN(CCN)CC2)cc1. The molecule has 196 valence electrons. The average Bonchev–Trinajstić information content (AvgIpc) is 3.37. The molecule has 8 heteroatoms. The highest BCUT2D eigenvalue weighted by molar-refractivity contribution is 6.32. The van der Waals surface area contributed by atoms with Crippen molar-refractivity contribution in [2.45, 2.75) is 26.0 Å². The minimum absolute atomic E-state index is 0.275. The topological polar surface area (TPSA) is 82.9 Å². The first-order valence-electron chi connectivity index (χ1n) is 13.1. The van der Waals surface area contributed by atoms with Gasteiger partial charge in [-0.1, -0.05) is 24.3 Å². The van der Waals surface area contributed by atoms with Crippen LogP contribution in [0.1, 0.15) is 30.5 Å². The van der Waals surface area contributed by atoms with Gasteiger partial charge in [0.25, 0.3) is 5.91 Å². The summed E-state index contributed by atoms with van der Waals surface area (Å²) in [7, 11) is 0. The number of nitrogens with zero attached hydrogens (tertiary/aromatic N) is 2. The third-order valence-electron chi connectivity index (χ3n) is 7.37. The Bertz CT molecular complexity index is 1210. The molecule has 3 aliphatic heterocycles. The summed E-state index contributed by atoms with van der Waals surface area (Å²) >= 11 is 0. The van der Waals surface area contributed by atoms with E-state index in [0.29, 0.717) is 22.6 Å². The molecular formula is C29H36FN5O2. The van der Waals surface area contributed by atoms with Crippen molar-refractivity contribution in [1.29, 1.82) is 0 Å². The zero-order valence-corrected chi connectivity index (χ0v) is 21.6. The highest BCUT2D eigenvalue weighted by atomic mass is 19.1. The van der Waals surface area contributed by atoms with Crippen molar-refractivity contribution in [3.05, 3.63) is 76.8 Å². The molecule has 7 nitrogen and oxygen atoms in total. The van der Waals surface area contributed by atoms with E-state index < -0.39 is 5.60 Å². The van der Waals surface area contributed by atoms with Gasteiger partial charge in [-0.3, -0.25) is 14.6 Å². The number of hydrogen-bond acceptors (Lipinski definition) is 6. The number of carbonyl (C=O) groups excluding carboxylic acids is 1. The second-order valence-electron chi connectivity index (χ2n) is 10.4. The summed E-state index contributed by atoms with van der Waals surface area (Å²) in [6, 6.07) is 12.8. The lowest BCUT2D eigenvalue weighted by atomic mass is 9.91. The molecule has 3 heterocycles. The summed E-state index contributed by atoms with van der Waals surface area (Å²) in [5, 5.41) is 6.30. The van der Waals surface area contributed by atoms with Crippen LogP contribution in [0.3, 0.4) is 0 Å². The quantitative estimate of drug-likeness (QED) is 0.378. The summed E-state index contributed by atoms with van der Waals surface area (Å²) in [5.41, 5.74) is 9.92. The fourth-order valence-electron chi connectivity index (χ4n) is 5.30. The van der Waals surface area contributed by atoms with E-state index >= 15 is 0 Å². The summed E-state index contributed by atoms with van der Waals surface area (Å²) in [4.78, 5) is 17.6. The van der Waals surface area contributed by atoms with Crippen molar-refractivity contribution in [3.8, 4) is 0 Å². The molecule has 37 heavy (non-hydrogen) atoms. The van der Waals surface area contributed by atoms with Gasteiger partial charge >= 0.3 is 0 Å². The molecule has 0 aromatic heterocycles. The van der Waals surface area contributed by atoms with E-state index in [4.69, 9.17) is 10.5 Å². The van der Waals surface area contributed by atoms with Gasteiger partial charge in [0.2, 0.25) is 0 Å². The van der Waals surface area contributed by atoms with E-state index in [1.54, 1.807) is 6.07 Å². The Labute approximate surface area is 218 Å². The molecule has 5 rings (SSSR count). The number of nitrogens with one attached hydrogen (secondary N) is 2. The zero-order chi connectivity index (χ0) is 26.0. The van der Waals surface area contributed by atoms with E-state index in [9.17, 15) is 9.18 Å². The lowest BCUT2D eigenvalue weighted by Crippen LogP contribution is -2.49. The second kappa shape index (κ2) is 10.8. The van der Waals surface area contributed by atoms with Crippen LogP contribution in [0.4, 0.5) is 10.1 Å². The number of ether oxygens (including phenoxy) is 1. The van der Waals surface area contributed by atoms with Crippen molar-refractivity contribution in [2.75, 3.05) is 57.7 Å². The molecule has 0 atom stereocenters. The first-order valence-corrected chi connectivity index (χ1v) is 13.1. The highest BCUT2D eigenvalue weighted by Crippen LogP contribution is 2.44. The maximum Gasteiger partial charge on any atom is 0.260 e. The Kier molecular flexibility index (Phi) is 7.44. The van der Waals surface area contributed by atoms with Crippen LogP contribution in [-0.4, -0.2) is 73.7 Å². The maximum absolute atomic E-state index is 13.6. The Hall–Kier alpha value is -3.04. The third kappa shape index (κ3) is 5.62. The van der Waals surface area contributed by atoms with Gasteiger partial charge in [0.15, 0.2) is 0 Å². The molecule has 1 fully saturated rings. The second-order valence-corrected chi connectivity index (χ2v) is 10.4. The fraction of sp³-hybridized carbons (Fsp3) is 0.414.